The van der Waals surface area contributed by atoms with Gasteiger partial charge in [0.25, 0.3) is 5.91 Å². The standard InChI is InChI=1S/C33H41N9O2/c1-21(35-20-30(43)42-15-7-8-27(42)19-34)18-33(32-36-38-39-37-32)28-13-11-23(22(2)40(3)4)16-24(28)9-10-25-17-26(12-14-29(25)33)31(44)41(5)6/h11-14,16-17,21,27,35H,2,7-10,15,18,20H2,1,3-6H3,(H,36,37,38,39)/t21-,27?,33?/m1/s1. The Morgan fingerprint density at radius 1 is 1.11 bits per heavy atom. The summed E-state index contributed by atoms with van der Waals surface area (Å²) in [6.07, 6.45) is 3.55. The number of amides is 2. The van der Waals surface area contributed by atoms with Crippen LogP contribution in [-0.2, 0) is 23.1 Å². The molecule has 2 N–H and O–H groups in total. The molecule has 2 aliphatic rings. The van der Waals surface area contributed by atoms with E-state index in [1.165, 1.54) is 0 Å². The van der Waals surface area contributed by atoms with Crippen molar-refractivity contribution < 1.29 is 9.59 Å². The number of carbonyl (C=O) groups excluding carboxylic acids is 2. The number of likely N-dealkylation sites (tertiary alicyclic amines) is 1. The molecule has 2 aromatic carbocycles. The molecule has 0 spiro atoms. The number of H-pyrrole nitrogens is 1. The summed E-state index contributed by atoms with van der Waals surface area (Å²) < 4.78 is 0. The number of nitriles is 1. The first-order chi connectivity index (χ1) is 21.1. The molecule has 1 aliphatic heterocycles. The van der Waals surface area contributed by atoms with Crippen LogP contribution in [0.25, 0.3) is 5.70 Å². The van der Waals surface area contributed by atoms with Gasteiger partial charge in [-0.3, -0.25) is 9.59 Å². The van der Waals surface area contributed by atoms with Crippen LogP contribution in [0.5, 0.6) is 0 Å². The minimum atomic E-state index is -0.829. The normalized spacial score (nSPS) is 19.7. The third-order valence-electron chi connectivity index (χ3n) is 8.98. The van der Waals surface area contributed by atoms with Crippen LogP contribution in [0.3, 0.4) is 0 Å². The van der Waals surface area contributed by atoms with Gasteiger partial charge in [0.05, 0.1) is 18.0 Å². The topological polar surface area (TPSA) is 134 Å². The molecular weight excluding hydrogens is 554 g/mol. The van der Waals surface area contributed by atoms with E-state index >= 15 is 0 Å². The lowest BCUT2D eigenvalue weighted by Crippen LogP contribution is -2.45. The number of carbonyl (C=O) groups is 2. The number of nitrogens with one attached hydrogen (secondary N) is 2. The van der Waals surface area contributed by atoms with Crippen molar-refractivity contribution in [2.45, 2.75) is 56.5 Å². The lowest BCUT2D eigenvalue weighted by Gasteiger charge is -2.36. The molecule has 1 aliphatic carbocycles. The van der Waals surface area contributed by atoms with Gasteiger partial charge in [-0.1, -0.05) is 30.0 Å². The molecule has 2 heterocycles. The molecule has 3 aromatic rings. The average Bonchev–Trinajstić information content (AvgIpc) is 3.71. The molecule has 11 heteroatoms. The van der Waals surface area contributed by atoms with E-state index in [1.807, 2.05) is 37.2 Å². The van der Waals surface area contributed by atoms with Gasteiger partial charge >= 0.3 is 0 Å². The molecule has 5 rings (SSSR count). The fourth-order valence-electron chi connectivity index (χ4n) is 6.67. The summed E-state index contributed by atoms with van der Waals surface area (Å²) in [5.74, 6) is 0.391. The van der Waals surface area contributed by atoms with Crippen LogP contribution in [0.1, 0.15) is 70.2 Å². The summed E-state index contributed by atoms with van der Waals surface area (Å²) in [6, 6.07) is 14.1. The summed E-state index contributed by atoms with van der Waals surface area (Å²) in [6.45, 7) is 7.06. The van der Waals surface area contributed by atoms with Gasteiger partial charge in [0.15, 0.2) is 5.82 Å². The minimum absolute atomic E-state index is 0.0598. The van der Waals surface area contributed by atoms with Crippen molar-refractivity contribution in [3.63, 3.8) is 0 Å². The number of aromatic amines is 1. The molecule has 1 saturated heterocycles. The van der Waals surface area contributed by atoms with E-state index in [4.69, 9.17) is 0 Å². The predicted octanol–water partition coefficient (Wildman–Crippen LogP) is 2.75. The number of nitrogens with zero attached hydrogens (tertiary/aromatic N) is 7. The third-order valence-corrected chi connectivity index (χ3v) is 8.98. The number of fused-ring (bicyclic) bond motifs is 2. The molecule has 0 radical (unpaired) electrons. The quantitative estimate of drug-likeness (QED) is 0.386. The van der Waals surface area contributed by atoms with E-state index in [0.29, 0.717) is 30.8 Å². The van der Waals surface area contributed by atoms with Crippen LogP contribution < -0.4 is 5.32 Å². The fourth-order valence-corrected chi connectivity index (χ4v) is 6.67. The zero-order chi connectivity index (χ0) is 31.6. The van der Waals surface area contributed by atoms with Crippen molar-refractivity contribution in [2.75, 3.05) is 41.3 Å². The first-order valence-corrected chi connectivity index (χ1v) is 15.1. The molecule has 230 valence electrons. The molecule has 1 fully saturated rings. The number of rotatable bonds is 9. The first-order valence-electron chi connectivity index (χ1n) is 15.1. The Morgan fingerprint density at radius 3 is 2.36 bits per heavy atom. The second kappa shape index (κ2) is 12.6. The monoisotopic (exact) mass is 595 g/mol. The van der Waals surface area contributed by atoms with E-state index in [2.05, 4.69) is 63.7 Å². The highest BCUT2D eigenvalue weighted by Gasteiger charge is 2.46. The number of tetrazole rings is 1. The Balaban J connectivity index is 1.60. The Kier molecular flexibility index (Phi) is 8.83. The van der Waals surface area contributed by atoms with E-state index in [0.717, 1.165) is 52.8 Å². The van der Waals surface area contributed by atoms with Crippen molar-refractivity contribution in [3.05, 3.63) is 82.2 Å². The summed E-state index contributed by atoms with van der Waals surface area (Å²) in [5.41, 5.74) is 5.99. The maximum absolute atomic E-state index is 13.1. The zero-order valence-electron chi connectivity index (χ0n) is 26.2. The highest BCUT2D eigenvalue weighted by molar-refractivity contribution is 5.94. The Hall–Kier alpha value is -4.56. The molecule has 3 atom stereocenters. The van der Waals surface area contributed by atoms with Crippen molar-refractivity contribution in [1.29, 1.82) is 5.26 Å². The summed E-state index contributed by atoms with van der Waals surface area (Å²) >= 11 is 0. The zero-order valence-corrected chi connectivity index (χ0v) is 26.2. The third kappa shape index (κ3) is 5.69. The van der Waals surface area contributed by atoms with Crippen LogP contribution in [0, 0.1) is 11.3 Å². The van der Waals surface area contributed by atoms with Crippen molar-refractivity contribution in [2.24, 2.45) is 0 Å². The largest absolute Gasteiger partial charge is 0.378 e. The molecule has 1 aromatic heterocycles. The number of aromatic nitrogens is 4. The molecule has 0 bridgehead atoms. The maximum atomic E-state index is 13.1. The Morgan fingerprint density at radius 2 is 1.77 bits per heavy atom. The van der Waals surface area contributed by atoms with Gasteiger partial charge in [-0.25, -0.2) is 0 Å². The number of benzene rings is 2. The number of aryl methyl sites for hydroxylation is 2. The molecular formula is C33H41N9O2. The van der Waals surface area contributed by atoms with E-state index in [1.54, 1.807) is 23.9 Å². The average molecular weight is 596 g/mol. The van der Waals surface area contributed by atoms with Gasteiger partial charge in [0.2, 0.25) is 5.91 Å². The first kappa shape index (κ1) is 30.9. The highest BCUT2D eigenvalue weighted by atomic mass is 16.2. The lowest BCUT2D eigenvalue weighted by molar-refractivity contribution is -0.130. The number of hydrogen-bond acceptors (Lipinski definition) is 8. The predicted molar refractivity (Wildman–Crippen MR) is 168 cm³/mol. The van der Waals surface area contributed by atoms with Crippen LogP contribution in [0.15, 0.2) is 43.0 Å². The van der Waals surface area contributed by atoms with Crippen molar-refractivity contribution in [3.8, 4) is 6.07 Å². The summed E-state index contributed by atoms with van der Waals surface area (Å²) in [5, 5.41) is 28.7. The van der Waals surface area contributed by atoms with Crippen molar-refractivity contribution >= 4 is 17.5 Å². The Bertz CT molecular complexity index is 1520. The second-order valence-electron chi connectivity index (χ2n) is 12.3. The van der Waals surface area contributed by atoms with Crippen molar-refractivity contribution in [1.82, 2.24) is 40.6 Å². The van der Waals surface area contributed by atoms with Gasteiger partial charge in [-0.2, -0.15) is 10.5 Å². The lowest BCUT2D eigenvalue weighted by atomic mass is 9.67. The van der Waals surface area contributed by atoms with Gasteiger partial charge in [0, 0.05) is 52.0 Å². The van der Waals surface area contributed by atoms with Gasteiger partial charge in [-0.05, 0) is 85.0 Å². The summed E-state index contributed by atoms with van der Waals surface area (Å²) in [4.78, 5) is 31.4. The molecule has 11 nitrogen and oxygen atoms in total. The van der Waals surface area contributed by atoms with E-state index < -0.39 is 5.41 Å². The van der Waals surface area contributed by atoms with Crippen LogP contribution in [-0.4, -0.2) is 101 Å². The molecule has 2 unspecified atom stereocenters. The molecule has 0 saturated carbocycles. The van der Waals surface area contributed by atoms with Crippen LogP contribution >= 0.6 is 0 Å². The smallest absolute Gasteiger partial charge is 0.253 e. The van der Waals surface area contributed by atoms with E-state index in [-0.39, 0.29) is 30.4 Å². The SMILES string of the molecule is C=C(c1ccc2c(c1)CCc1cc(C(=O)N(C)C)ccc1C2(C[C@@H](C)NCC(=O)N1CCCC1C#N)c1nn[nH]n1)N(C)C. The van der Waals surface area contributed by atoms with Crippen LogP contribution in [0.4, 0.5) is 0 Å². The van der Waals surface area contributed by atoms with Crippen LogP contribution in [0.2, 0.25) is 0 Å². The molecule has 2 amide bonds. The minimum Gasteiger partial charge on any atom is -0.378 e. The van der Waals surface area contributed by atoms with E-state index in [9.17, 15) is 14.9 Å². The Labute approximate surface area is 258 Å². The van der Waals surface area contributed by atoms with Gasteiger partial charge < -0.3 is 20.0 Å². The second-order valence-corrected chi connectivity index (χ2v) is 12.3. The maximum Gasteiger partial charge on any atom is 0.253 e. The number of hydrogen-bond donors (Lipinski definition) is 2. The molecule has 44 heavy (non-hydrogen) atoms. The fraction of sp³-hybridized carbons (Fsp3) is 0.455. The highest BCUT2D eigenvalue weighted by Crippen LogP contribution is 2.47. The summed E-state index contributed by atoms with van der Waals surface area (Å²) in [7, 11) is 7.46. The van der Waals surface area contributed by atoms with Gasteiger partial charge in [-0.15, -0.1) is 10.2 Å². The van der Waals surface area contributed by atoms with Gasteiger partial charge in [0.1, 0.15) is 6.04 Å².